The first-order chi connectivity index (χ1) is 24.6. The summed E-state index contributed by atoms with van der Waals surface area (Å²) >= 11 is 0. The second-order valence-corrected chi connectivity index (χ2v) is 16.2. The van der Waals surface area contributed by atoms with Gasteiger partial charge in [-0.1, -0.05) is 42.8 Å². The van der Waals surface area contributed by atoms with Crippen LogP contribution in [-0.4, -0.2) is 89.6 Å². The number of allylic oxidation sites excluding steroid dienone is 1. The van der Waals surface area contributed by atoms with Gasteiger partial charge in [0.2, 0.25) is 27.7 Å². The average molecular weight is 750 g/mol. The van der Waals surface area contributed by atoms with Crippen LogP contribution in [0.1, 0.15) is 80.9 Å². The Hall–Kier alpha value is -4.41. The standard InChI is InChI=1S/C35H42F3N5O8S/c1-2-23-16-34(23,32(47)41-52(49,50)25-13-14-25)40-30(45)28-15-24-19-43(28)31(46)27(17-35(36,37)38)39-29(44)12-7-5-3-4-6-9-21-10-8-11-22-18-42(20-26(21)22)33(48)51-24/h2,6,8-11,23-25,27-28H,1,3-5,7,12-20H2,(H,39,44)(H,40,45)(H,41,47)/b9-6+/t23-,24-,27+,28+,34+/m1/s1. The molecule has 2 aliphatic carbocycles. The molecule has 0 unspecified atom stereocenters. The maximum atomic E-state index is 14.0. The maximum Gasteiger partial charge on any atom is 0.410 e. The van der Waals surface area contributed by atoms with Crippen LogP contribution in [0.3, 0.4) is 0 Å². The van der Waals surface area contributed by atoms with E-state index in [1.165, 1.54) is 11.0 Å². The quantitative estimate of drug-likeness (QED) is 0.357. The van der Waals surface area contributed by atoms with Crippen molar-refractivity contribution in [2.75, 3.05) is 6.54 Å². The van der Waals surface area contributed by atoms with Gasteiger partial charge in [0.05, 0.1) is 24.8 Å². The van der Waals surface area contributed by atoms with Crippen LogP contribution >= 0.6 is 0 Å². The van der Waals surface area contributed by atoms with Crippen LogP contribution in [0.5, 0.6) is 0 Å². The molecule has 6 rings (SSSR count). The lowest BCUT2D eigenvalue weighted by atomic mass is 10.0. The number of ether oxygens (including phenoxy) is 1. The molecule has 3 N–H and O–H groups in total. The molecule has 3 fully saturated rings. The number of halogens is 3. The van der Waals surface area contributed by atoms with E-state index in [0.29, 0.717) is 38.5 Å². The second kappa shape index (κ2) is 14.5. The van der Waals surface area contributed by atoms with Crippen LogP contribution in [0.4, 0.5) is 18.0 Å². The van der Waals surface area contributed by atoms with Crippen LogP contribution in [0.25, 0.3) is 6.08 Å². The van der Waals surface area contributed by atoms with Gasteiger partial charge in [0, 0.05) is 25.3 Å². The molecule has 52 heavy (non-hydrogen) atoms. The predicted molar refractivity (Wildman–Crippen MR) is 180 cm³/mol. The number of carbonyl (C=O) groups excluding carboxylic acids is 5. The van der Waals surface area contributed by atoms with Crippen molar-refractivity contribution in [1.29, 1.82) is 0 Å². The molecule has 0 spiro atoms. The van der Waals surface area contributed by atoms with Gasteiger partial charge < -0.3 is 20.3 Å². The van der Waals surface area contributed by atoms with Crippen LogP contribution in [0.2, 0.25) is 0 Å². The van der Waals surface area contributed by atoms with Gasteiger partial charge in [0.1, 0.15) is 23.7 Å². The summed E-state index contributed by atoms with van der Waals surface area (Å²) in [6, 6.07) is 2.10. The SMILES string of the molecule is C=C[C@@H]1C[C@@]1(NC(=O)[C@@H]1C[C@@H]2CN1C(=O)[C@H](CC(F)(F)F)NC(=O)CCCCC/C=C/c1cccc3c1CN(C3)C(=O)O2)C(=O)NS(=O)(=O)C1CC1. The third-order valence-electron chi connectivity index (χ3n) is 10.3. The Bertz CT molecular complexity index is 1780. The molecule has 0 radical (unpaired) electrons. The molecular weight excluding hydrogens is 707 g/mol. The van der Waals surface area contributed by atoms with E-state index in [1.54, 1.807) is 0 Å². The number of hydrogen-bond acceptors (Lipinski definition) is 8. The first-order valence-corrected chi connectivity index (χ1v) is 19.0. The normalized spacial score (nSPS) is 29.1. The van der Waals surface area contributed by atoms with Gasteiger partial charge in [-0.2, -0.15) is 13.2 Å². The molecule has 3 aliphatic heterocycles. The first kappa shape index (κ1) is 37.4. The van der Waals surface area contributed by atoms with Gasteiger partial charge in [-0.25, -0.2) is 13.2 Å². The van der Waals surface area contributed by atoms with Crippen LogP contribution in [0, 0.1) is 5.92 Å². The molecule has 13 nitrogen and oxygen atoms in total. The lowest BCUT2D eigenvalue weighted by Crippen LogP contribution is -2.58. The Morgan fingerprint density at radius 2 is 1.88 bits per heavy atom. The molecule has 17 heteroatoms. The summed E-state index contributed by atoms with van der Waals surface area (Å²) in [6.07, 6.45) is -0.462. The molecular formula is C35H42F3N5O8S. The van der Waals surface area contributed by atoms with Gasteiger partial charge in [-0.3, -0.25) is 28.8 Å². The molecule has 3 heterocycles. The lowest BCUT2D eigenvalue weighted by molar-refractivity contribution is -0.157. The van der Waals surface area contributed by atoms with E-state index in [-0.39, 0.29) is 32.4 Å². The average Bonchev–Trinajstić information content (AvgIpc) is 3.96. The van der Waals surface area contributed by atoms with Crippen molar-refractivity contribution in [2.24, 2.45) is 5.92 Å². The minimum Gasteiger partial charge on any atom is -0.444 e. The van der Waals surface area contributed by atoms with Crippen molar-refractivity contribution in [1.82, 2.24) is 25.2 Å². The minimum absolute atomic E-state index is 0.00715. The maximum absolute atomic E-state index is 14.0. The van der Waals surface area contributed by atoms with Gasteiger partial charge in [0.25, 0.3) is 5.91 Å². The van der Waals surface area contributed by atoms with Crippen molar-refractivity contribution >= 4 is 45.8 Å². The van der Waals surface area contributed by atoms with Crippen molar-refractivity contribution in [2.45, 2.75) is 112 Å². The highest BCUT2D eigenvalue weighted by molar-refractivity contribution is 7.91. The fourth-order valence-corrected chi connectivity index (χ4v) is 8.54. The smallest absolute Gasteiger partial charge is 0.410 e. The summed E-state index contributed by atoms with van der Waals surface area (Å²) in [5.41, 5.74) is 1.05. The highest BCUT2D eigenvalue weighted by atomic mass is 32.2. The Morgan fingerprint density at radius 1 is 1.12 bits per heavy atom. The first-order valence-electron chi connectivity index (χ1n) is 17.5. The molecule has 5 aliphatic rings. The summed E-state index contributed by atoms with van der Waals surface area (Å²) in [4.78, 5) is 69.8. The van der Waals surface area contributed by atoms with E-state index in [0.717, 1.165) is 21.6 Å². The zero-order valence-corrected chi connectivity index (χ0v) is 29.3. The number of sulfonamides is 1. The van der Waals surface area contributed by atoms with E-state index < -0.39 is 93.8 Å². The van der Waals surface area contributed by atoms with E-state index in [9.17, 15) is 45.6 Å². The van der Waals surface area contributed by atoms with E-state index in [1.807, 2.05) is 35.1 Å². The molecule has 1 aromatic rings. The molecule has 1 aromatic carbocycles. The highest BCUT2D eigenvalue weighted by Crippen LogP contribution is 2.45. The second-order valence-electron chi connectivity index (χ2n) is 14.2. The van der Waals surface area contributed by atoms with Crippen LogP contribution < -0.4 is 15.4 Å². The largest absolute Gasteiger partial charge is 0.444 e. The number of nitrogens with one attached hydrogen (secondary N) is 3. The summed E-state index contributed by atoms with van der Waals surface area (Å²) in [5.74, 6) is -4.61. The predicted octanol–water partition coefficient (Wildman–Crippen LogP) is 3.19. The number of amides is 5. The monoisotopic (exact) mass is 749 g/mol. The number of nitrogens with zero attached hydrogens (tertiary/aromatic N) is 2. The Labute approximate surface area is 299 Å². The summed E-state index contributed by atoms with van der Waals surface area (Å²) in [6.45, 7) is 3.66. The van der Waals surface area contributed by atoms with Gasteiger partial charge in [-0.05, 0) is 55.2 Å². The molecule has 282 valence electrons. The number of rotatable bonds is 7. The van der Waals surface area contributed by atoms with Crippen molar-refractivity contribution in [3.63, 3.8) is 0 Å². The van der Waals surface area contributed by atoms with Crippen molar-refractivity contribution in [3.8, 4) is 0 Å². The minimum atomic E-state index is -4.87. The topological polar surface area (TPSA) is 171 Å². The van der Waals surface area contributed by atoms with Crippen LogP contribution in [-0.2, 0) is 47.0 Å². The van der Waals surface area contributed by atoms with Crippen molar-refractivity contribution in [3.05, 3.63) is 53.6 Å². The highest BCUT2D eigenvalue weighted by Gasteiger charge is 2.62. The van der Waals surface area contributed by atoms with E-state index >= 15 is 0 Å². The number of carbonyl (C=O) groups is 5. The molecule has 1 saturated heterocycles. The molecule has 2 saturated carbocycles. The Kier molecular flexibility index (Phi) is 10.4. The zero-order valence-electron chi connectivity index (χ0n) is 28.5. The number of alkyl halides is 3. The number of hydrogen-bond donors (Lipinski definition) is 3. The summed E-state index contributed by atoms with van der Waals surface area (Å²) < 4.78 is 74.3. The van der Waals surface area contributed by atoms with Gasteiger partial charge in [-0.15, -0.1) is 6.58 Å². The third-order valence-corrected chi connectivity index (χ3v) is 12.1. The van der Waals surface area contributed by atoms with Crippen LogP contribution in [0.15, 0.2) is 36.9 Å². The van der Waals surface area contributed by atoms with E-state index in [4.69, 9.17) is 4.74 Å². The molecule has 5 atom stereocenters. The Balaban J connectivity index is 1.27. The fourth-order valence-electron chi connectivity index (χ4n) is 7.18. The van der Waals surface area contributed by atoms with Gasteiger partial charge >= 0.3 is 12.3 Å². The van der Waals surface area contributed by atoms with E-state index in [2.05, 4.69) is 17.2 Å². The summed E-state index contributed by atoms with van der Waals surface area (Å²) in [5, 5.41) is 4.02. The summed E-state index contributed by atoms with van der Waals surface area (Å²) in [7, 11) is -4.00. The zero-order chi connectivity index (χ0) is 37.4. The van der Waals surface area contributed by atoms with Gasteiger partial charge in [0.15, 0.2) is 0 Å². The molecule has 0 aromatic heterocycles. The Morgan fingerprint density at radius 3 is 2.58 bits per heavy atom. The molecule has 5 amide bonds. The third kappa shape index (κ3) is 8.29. The molecule has 4 bridgehead atoms. The number of benzene rings is 1. The lowest BCUT2D eigenvalue weighted by Gasteiger charge is -2.30. The fraction of sp³-hybridized carbons (Fsp3) is 0.571. The number of fused-ring (bicyclic) bond motifs is 3. The van der Waals surface area contributed by atoms with Crippen molar-refractivity contribution < 1.29 is 50.3 Å².